The number of nitrogens with zero attached hydrogens (tertiary/aromatic N) is 3. The van der Waals surface area contributed by atoms with Gasteiger partial charge < -0.3 is 19.9 Å². The summed E-state index contributed by atoms with van der Waals surface area (Å²) in [7, 11) is 1.26. The number of amides is 2. The zero-order valence-electron chi connectivity index (χ0n) is 15.2. The Bertz CT molecular complexity index is 1030. The summed E-state index contributed by atoms with van der Waals surface area (Å²) in [5.41, 5.74) is 0.925. The number of carbonyl (C=O) groups excluding carboxylic acids is 2. The van der Waals surface area contributed by atoms with Crippen LogP contribution in [0.5, 0.6) is 0 Å². The van der Waals surface area contributed by atoms with Crippen molar-refractivity contribution in [3.05, 3.63) is 54.0 Å². The highest BCUT2D eigenvalue weighted by Crippen LogP contribution is 2.30. The minimum atomic E-state index is -4.65. The Morgan fingerprint density at radius 2 is 1.90 bits per heavy atom. The first-order valence-electron chi connectivity index (χ1n) is 8.41. The Labute approximate surface area is 162 Å². The molecule has 0 unspecified atom stereocenters. The van der Waals surface area contributed by atoms with Crippen LogP contribution in [0.1, 0.15) is 16.2 Å². The van der Waals surface area contributed by atoms with E-state index < -0.39 is 24.0 Å². The molecule has 29 heavy (non-hydrogen) atoms. The van der Waals surface area contributed by atoms with Crippen LogP contribution >= 0.6 is 0 Å². The Hall–Kier alpha value is -3.63. The van der Waals surface area contributed by atoms with E-state index in [1.807, 2.05) is 0 Å². The molecule has 0 saturated carbocycles. The van der Waals surface area contributed by atoms with Gasteiger partial charge in [-0.2, -0.15) is 13.2 Å². The maximum atomic E-state index is 13.2. The molecule has 0 spiro atoms. The SMILES string of the molecule is COC(=O)c1ccc(NC(=O)NCCn2c(C(F)(F)F)nc3cccnc32)cc1. The quantitative estimate of drug-likeness (QED) is 0.634. The Kier molecular flexibility index (Phi) is 5.66. The minimum absolute atomic E-state index is 0.0837. The molecule has 0 bridgehead atoms. The molecule has 0 atom stereocenters. The molecule has 8 nitrogen and oxygen atoms in total. The number of nitrogens with one attached hydrogen (secondary N) is 2. The first kappa shape index (κ1) is 20.1. The number of rotatable bonds is 5. The van der Waals surface area contributed by atoms with Crippen LogP contribution < -0.4 is 10.6 Å². The molecule has 2 amide bonds. The van der Waals surface area contributed by atoms with Gasteiger partial charge in [0.25, 0.3) is 0 Å². The summed E-state index contributed by atoms with van der Waals surface area (Å²) in [5.74, 6) is -1.59. The van der Waals surface area contributed by atoms with Crippen molar-refractivity contribution in [2.45, 2.75) is 12.7 Å². The number of imidazole rings is 1. The molecular formula is C18H16F3N5O3. The third-order valence-electron chi connectivity index (χ3n) is 3.94. The van der Waals surface area contributed by atoms with Crippen LogP contribution in [0.2, 0.25) is 0 Å². The number of alkyl halides is 3. The number of hydrogen-bond donors (Lipinski definition) is 2. The first-order valence-corrected chi connectivity index (χ1v) is 8.41. The predicted octanol–water partition coefficient (Wildman–Crippen LogP) is 3.06. The van der Waals surface area contributed by atoms with Crippen LogP contribution in [0.15, 0.2) is 42.6 Å². The first-order chi connectivity index (χ1) is 13.8. The molecule has 0 aliphatic rings. The van der Waals surface area contributed by atoms with Gasteiger partial charge in [-0.1, -0.05) is 0 Å². The second kappa shape index (κ2) is 8.17. The lowest BCUT2D eigenvalue weighted by molar-refractivity contribution is -0.146. The van der Waals surface area contributed by atoms with Gasteiger partial charge in [-0.25, -0.2) is 19.6 Å². The Balaban J connectivity index is 1.63. The van der Waals surface area contributed by atoms with Crippen LogP contribution in [0.3, 0.4) is 0 Å². The molecule has 3 rings (SSSR count). The third-order valence-corrected chi connectivity index (χ3v) is 3.94. The number of fused-ring (bicyclic) bond motifs is 1. The van der Waals surface area contributed by atoms with Gasteiger partial charge in [0.15, 0.2) is 5.65 Å². The van der Waals surface area contributed by atoms with Gasteiger partial charge in [0, 0.05) is 25.0 Å². The molecule has 152 valence electrons. The van der Waals surface area contributed by atoms with E-state index in [2.05, 4.69) is 25.3 Å². The largest absolute Gasteiger partial charge is 0.465 e. The van der Waals surface area contributed by atoms with E-state index in [4.69, 9.17) is 0 Å². The number of hydrogen-bond acceptors (Lipinski definition) is 5. The molecule has 0 saturated heterocycles. The molecule has 1 aromatic carbocycles. The summed E-state index contributed by atoms with van der Waals surface area (Å²) in [6.07, 6.45) is -3.27. The second-order valence-electron chi connectivity index (χ2n) is 5.88. The van der Waals surface area contributed by atoms with Gasteiger partial charge in [0.1, 0.15) is 5.52 Å². The average molecular weight is 407 g/mol. The average Bonchev–Trinajstić information content (AvgIpc) is 3.07. The number of urea groups is 1. The highest BCUT2D eigenvalue weighted by molar-refractivity contribution is 5.92. The number of ether oxygens (including phenoxy) is 1. The predicted molar refractivity (Wildman–Crippen MR) is 97.3 cm³/mol. The maximum absolute atomic E-state index is 13.2. The van der Waals surface area contributed by atoms with E-state index in [9.17, 15) is 22.8 Å². The smallest absolute Gasteiger partial charge is 0.449 e. The standard InChI is InChI=1S/C18H16F3N5O3/c1-29-15(27)11-4-6-12(7-5-11)24-17(28)23-9-10-26-14-13(3-2-8-22-14)25-16(26)18(19,20)21/h2-8H,9-10H2,1H3,(H2,23,24,28). The third kappa shape index (κ3) is 4.62. The van der Waals surface area contributed by atoms with E-state index in [0.717, 1.165) is 4.57 Å². The normalized spacial score (nSPS) is 11.3. The summed E-state index contributed by atoms with van der Waals surface area (Å²) >= 11 is 0. The zero-order chi connectivity index (χ0) is 21.0. The maximum Gasteiger partial charge on any atom is 0.449 e. The lowest BCUT2D eigenvalue weighted by Crippen LogP contribution is -2.32. The number of anilines is 1. The van der Waals surface area contributed by atoms with Crippen molar-refractivity contribution in [2.24, 2.45) is 0 Å². The molecular weight excluding hydrogens is 391 g/mol. The van der Waals surface area contributed by atoms with Crippen molar-refractivity contribution in [1.82, 2.24) is 19.9 Å². The van der Waals surface area contributed by atoms with Crippen molar-refractivity contribution in [3.63, 3.8) is 0 Å². The molecule has 0 aliphatic heterocycles. The Morgan fingerprint density at radius 3 is 2.55 bits per heavy atom. The molecule has 3 aromatic rings. The van der Waals surface area contributed by atoms with Crippen LogP contribution in [-0.2, 0) is 17.5 Å². The van der Waals surface area contributed by atoms with E-state index >= 15 is 0 Å². The summed E-state index contributed by atoms with van der Waals surface area (Å²) < 4.78 is 45.2. The van der Waals surface area contributed by atoms with E-state index in [1.54, 1.807) is 0 Å². The number of methoxy groups -OCH3 is 1. The lowest BCUT2D eigenvalue weighted by atomic mass is 10.2. The summed E-state index contributed by atoms with van der Waals surface area (Å²) in [6, 6.07) is 8.27. The highest BCUT2D eigenvalue weighted by Gasteiger charge is 2.37. The van der Waals surface area contributed by atoms with Gasteiger partial charge >= 0.3 is 18.2 Å². The summed E-state index contributed by atoms with van der Waals surface area (Å²) in [6.45, 7) is -0.256. The van der Waals surface area contributed by atoms with Crippen LogP contribution in [0.25, 0.3) is 11.2 Å². The van der Waals surface area contributed by atoms with Crippen molar-refractivity contribution in [1.29, 1.82) is 0 Å². The summed E-state index contributed by atoms with van der Waals surface area (Å²) in [4.78, 5) is 30.9. The fourth-order valence-corrected chi connectivity index (χ4v) is 2.65. The van der Waals surface area contributed by atoms with Gasteiger partial charge in [0.05, 0.1) is 12.7 Å². The van der Waals surface area contributed by atoms with E-state index in [1.165, 1.54) is 49.7 Å². The Morgan fingerprint density at radius 1 is 1.17 bits per heavy atom. The van der Waals surface area contributed by atoms with Crippen LogP contribution in [-0.4, -0.2) is 40.2 Å². The number of aromatic nitrogens is 3. The molecule has 0 radical (unpaired) electrons. The molecule has 11 heteroatoms. The molecule has 2 N–H and O–H groups in total. The molecule has 0 fully saturated rings. The zero-order valence-corrected chi connectivity index (χ0v) is 15.2. The number of esters is 1. The highest BCUT2D eigenvalue weighted by atomic mass is 19.4. The second-order valence-corrected chi connectivity index (χ2v) is 5.88. The molecule has 2 aromatic heterocycles. The minimum Gasteiger partial charge on any atom is -0.465 e. The van der Waals surface area contributed by atoms with Crippen molar-refractivity contribution < 1.29 is 27.5 Å². The fraction of sp³-hybridized carbons (Fsp3) is 0.222. The number of halogens is 3. The monoisotopic (exact) mass is 407 g/mol. The van der Waals surface area contributed by atoms with Crippen LogP contribution in [0, 0.1) is 0 Å². The lowest BCUT2D eigenvalue weighted by Gasteiger charge is -2.12. The van der Waals surface area contributed by atoms with Crippen LogP contribution in [0.4, 0.5) is 23.7 Å². The van der Waals surface area contributed by atoms with Crippen molar-refractivity contribution in [3.8, 4) is 0 Å². The van der Waals surface area contributed by atoms with E-state index in [-0.39, 0.29) is 24.3 Å². The fourth-order valence-electron chi connectivity index (χ4n) is 2.65. The molecule has 2 heterocycles. The number of benzene rings is 1. The summed E-state index contributed by atoms with van der Waals surface area (Å²) in [5, 5.41) is 5.00. The number of carbonyl (C=O) groups is 2. The van der Waals surface area contributed by atoms with Gasteiger partial charge in [-0.3, -0.25) is 0 Å². The van der Waals surface area contributed by atoms with Gasteiger partial charge in [-0.15, -0.1) is 0 Å². The van der Waals surface area contributed by atoms with Gasteiger partial charge in [0.2, 0.25) is 5.82 Å². The molecule has 0 aliphatic carbocycles. The van der Waals surface area contributed by atoms with Gasteiger partial charge in [-0.05, 0) is 36.4 Å². The van der Waals surface area contributed by atoms with E-state index in [0.29, 0.717) is 11.3 Å². The number of pyridine rings is 1. The van der Waals surface area contributed by atoms with Crippen molar-refractivity contribution >= 4 is 28.9 Å². The van der Waals surface area contributed by atoms with Crippen molar-refractivity contribution in [2.75, 3.05) is 19.0 Å². The topological polar surface area (TPSA) is 98.1 Å².